The van der Waals surface area contributed by atoms with E-state index in [9.17, 15) is 5.11 Å². The minimum absolute atomic E-state index is 0.0778. The highest BCUT2D eigenvalue weighted by molar-refractivity contribution is 6.72. The van der Waals surface area contributed by atoms with Gasteiger partial charge in [-0.3, -0.25) is 0 Å². The highest BCUT2D eigenvalue weighted by Crippen LogP contribution is 2.37. The highest BCUT2D eigenvalue weighted by atomic mass is 28.4. The first-order chi connectivity index (χ1) is 22.5. The second-order valence-corrected chi connectivity index (χ2v) is 52.3. The molecule has 0 radical (unpaired) electrons. The van der Waals surface area contributed by atoms with Gasteiger partial charge in [-0.2, -0.15) is 0 Å². The Kier molecular flexibility index (Phi) is 16.7. The van der Waals surface area contributed by atoms with Gasteiger partial charge in [-0.1, -0.05) is 0 Å². The Morgan fingerprint density at radius 3 is 1.06 bits per heavy atom. The molecule has 10 atom stereocenters. The van der Waals surface area contributed by atoms with Crippen molar-refractivity contribution in [3.05, 3.63) is 0 Å². The highest BCUT2D eigenvalue weighted by Gasteiger charge is 2.55. The van der Waals surface area contributed by atoms with Crippen LogP contribution in [0, 0.1) is 0 Å². The summed E-state index contributed by atoms with van der Waals surface area (Å²) in [6, 6.07) is 0. The van der Waals surface area contributed by atoms with Crippen LogP contribution in [0.2, 0.25) is 137 Å². The topological polar surface area (TPSA) is 113 Å². The summed E-state index contributed by atoms with van der Waals surface area (Å²) < 4.78 is 67.8. The van der Waals surface area contributed by atoms with Gasteiger partial charge in [-0.25, -0.2) is 0 Å². The van der Waals surface area contributed by atoms with Crippen molar-refractivity contribution < 1.29 is 50.3 Å². The van der Waals surface area contributed by atoms with Gasteiger partial charge in [0, 0.05) is 0 Å². The Morgan fingerprint density at radius 2 is 0.686 bits per heavy atom. The van der Waals surface area contributed by atoms with Crippen LogP contribution in [0.25, 0.3) is 0 Å². The predicted octanol–water partition coefficient (Wildman–Crippen LogP) is 7.62. The summed E-state index contributed by atoms with van der Waals surface area (Å²) in [5, 5.41) is 11.5. The van der Waals surface area contributed by atoms with Gasteiger partial charge in [-0.05, 0) is 137 Å². The molecule has 11 nitrogen and oxygen atoms in total. The molecule has 2 rings (SSSR count). The fourth-order valence-electron chi connectivity index (χ4n) is 5.95. The number of ether oxygens (including phenoxy) is 3. The maximum absolute atomic E-state index is 11.5. The zero-order valence-electron chi connectivity index (χ0n) is 36.2. The molecule has 2 saturated heterocycles. The molecule has 0 aromatic heterocycles. The monoisotopic (exact) mass is 846 g/mol. The van der Waals surface area contributed by atoms with Gasteiger partial charge in [0.05, 0.1) is 13.2 Å². The first-order valence-electron chi connectivity index (χ1n) is 18.8. The molecule has 2 fully saturated rings. The first-order valence-corrected chi connectivity index (χ1v) is 42.7. The van der Waals surface area contributed by atoms with Crippen molar-refractivity contribution in [1.29, 1.82) is 0 Å². The molecule has 2 aliphatic heterocycles. The van der Waals surface area contributed by atoms with Crippen molar-refractivity contribution in [2.75, 3.05) is 13.2 Å². The summed E-state index contributed by atoms with van der Waals surface area (Å²) in [5.41, 5.74) is 0. The Bertz CT molecular complexity index is 1070. The van der Waals surface area contributed by atoms with Crippen LogP contribution in [0.3, 0.4) is 0 Å². The minimum Gasteiger partial charge on any atom is -0.415 e. The molecule has 51 heavy (non-hydrogen) atoms. The molecule has 2 heterocycles. The second kappa shape index (κ2) is 17.7. The Hall–Kier alpha value is 1.08. The van der Waals surface area contributed by atoms with Gasteiger partial charge in [-0.15, -0.1) is 0 Å². The van der Waals surface area contributed by atoms with Crippen LogP contribution in [0.1, 0.15) is 0 Å². The van der Waals surface area contributed by atoms with E-state index in [0.29, 0.717) is 6.61 Å². The van der Waals surface area contributed by atoms with Gasteiger partial charge >= 0.3 is 0 Å². The maximum Gasteiger partial charge on any atom is 0.185 e. The largest absolute Gasteiger partial charge is 0.415 e. The molecule has 0 aromatic rings. The van der Waals surface area contributed by atoms with E-state index in [4.69, 9.17) is 45.2 Å². The molecule has 1 N–H and O–H groups in total. The third-order valence-electron chi connectivity index (χ3n) is 7.24. The molecule has 0 spiro atoms. The average molecular weight is 848 g/mol. The molecular formula is C33H78O11Si7. The SMILES string of the molecule is C[Si](C)(C)OC[C@H]1O[C@H](OCC2O[C@@H](O)[C@H](O[Si](C)(C)C)[C@@H](O[Si](C)(C)C)[C@@H]2O[Si](C)(C)C)[C@H](O[Si](C)(C)C)[C@@H](O[Si](C)(C)C)[C@H]1O[Si](C)(C)C. The lowest BCUT2D eigenvalue weighted by Gasteiger charge is -2.52. The fraction of sp³-hybridized carbons (Fsp3) is 1.00. The van der Waals surface area contributed by atoms with Gasteiger partial charge in [0.1, 0.15) is 48.8 Å². The van der Waals surface area contributed by atoms with E-state index in [2.05, 4.69) is 137 Å². The van der Waals surface area contributed by atoms with Crippen LogP contribution in [-0.4, -0.2) is 138 Å². The third kappa shape index (κ3) is 18.3. The Balaban J connectivity index is 2.64. The molecule has 1 unspecified atom stereocenters. The van der Waals surface area contributed by atoms with Crippen molar-refractivity contribution >= 4 is 58.2 Å². The number of rotatable bonds is 18. The van der Waals surface area contributed by atoms with Crippen LogP contribution in [0.4, 0.5) is 0 Å². The number of aliphatic hydroxyl groups excluding tert-OH is 1. The zero-order valence-corrected chi connectivity index (χ0v) is 43.2. The summed E-state index contributed by atoms with van der Waals surface area (Å²) in [6.45, 7) is 45.8. The number of aliphatic hydroxyl groups is 1. The molecule has 0 aromatic carbocycles. The lowest BCUT2D eigenvalue weighted by atomic mass is 9.98. The summed E-state index contributed by atoms with van der Waals surface area (Å²) >= 11 is 0. The van der Waals surface area contributed by atoms with Crippen LogP contribution in [-0.2, 0) is 45.2 Å². The van der Waals surface area contributed by atoms with E-state index in [0.717, 1.165) is 0 Å². The first kappa shape index (κ1) is 48.2. The lowest BCUT2D eigenvalue weighted by Crippen LogP contribution is -2.68. The number of hydrogen-bond donors (Lipinski definition) is 1. The summed E-state index contributed by atoms with van der Waals surface area (Å²) in [6.07, 6.45) is -6.28. The van der Waals surface area contributed by atoms with Gasteiger partial charge < -0.3 is 50.3 Å². The van der Waals surface area contributed by atoms with Crippen molar-refractivity contribution in [3.8, 4) is 0 Å². The molecule has 18 heteroatoms. The third-order valence-corrected chi connectivity index (χ3v) is 14.2. The molecule has 0 amide bonds. The van der Waals surface area contributed by atoms with Crippen LogP contribution >= 0.6 is 0 Å². The molecule has 0 bridgehead atoms. The van der Waals surface area contributed by atoms with Crippen LogP contribution in [0.5, 0.6) is 0 Å². The molecule has 304 valence electrons. The summed E-state index contributed by atoms with van der Waals surface area (Å²) in [7, 11) is -14.7. The average Bonchev–Trinajstić information content (AvgIpc) is 2.84. The van der Waals surface area contributed by atoms with Crippen molar-refractivity contribution in [3.63, 3.8) is 0 Å². The van der Waals surface area contributed by atoms with E-state index in [1.807, 2.05) is 0 Å². The smallest absolute Gasteiger partial charge is 0.185 e. The van der Waals surface area contributed by atoms with E-state index >= 15 is 0 Å². The fourth-order valence-corrected chi connectivity index (χ4v) is 13.1. The van der Waals surface area contributed by atoms with E-state index in [1.54, 1.807) is 0 Å². The minimum atomic E-state index is -2.17. The maximum atomic E-state index is 11.5. The van der Waals surface area contributed by atoms with E-state index < -0.39 is 120 Å². The molecule has 0 aliphatic carbocycles. The predicted molar refractivity (Wildman–Crippen MR) is 224 cm³/mol. The van der Waals surface area contributed by atoms with Crippen molar-refractivity contribution in [1.82, 2.24) is 0 Å². The van der Waals surface area contributed by atoms with Crippen molar-refractivity contribution in [2.24, 2.45) is 0 Å². The van der Waals surface area contributed by atoms with Crippen LogP contribution < -0.4 is 0 Å². The van der Waals surface area contributed by atoms with Gasteiger partial charge in [0.15, 0.2) is 70.8 Å². The van der Waals surface area contributed by atoms with Gasteiger partial charge in [0.2, 0.25) is 0 Å². The molecule has 0 saturated carbocycles. The van der Waals surface area contributed by atoms with E-state index in [-0.39, 0.29) is 6.61 Å². The Labute approximate surface area is 319 Å². The molecule has 2 aliphatic rings. The summed E-state index contributed by atoms with van der Waals surface area (Å²) in [5.74, 6) is 0. The standard InChI is InChI=1S/C33H78O11Si7/c1-45(2,3)36-23-25-27(40-47(7,8)9)29(42-49(13,14)15)31(44-51(19,20)21)33(38-25)35-22-24-26(39-46(4,5)6)28(41-48(10,11)12)30(32(34)37-24)43-50(16,17)18/h24-34H,22-23H2,1-21H3/t24?,25-,26-,27+,28+,29+,30-,31-,32-,33+/m1/s1. The molecular weight excluding hydrogens is 769 g/mol. The Morgan fingerprint density at radius 1 is 0.373 bits per heavy atom. The quantitative estimate of drug-likeness (QED) is 0.138. The van der Waals surface area contributed by atoms with Crippen molar-refractivity contribution in [2.45, 2.75) is 199 Å². The normalized spacial score (nSPS) is 32.4. The lowest BCUT2D eigenvalue weighted by molar-refractivity contribution is -0.316. The van der Waals surface area contributed by atoms with Gasteiger partial charge in [0.25, 0.3) is 0 Å². The number of hydrogen-bond acceptors (Lipinski definition) is 11. The second-order valence-electron chi connectivity index (χ2n) is 21.0. The summed E-state index contributed by atoms with van der Waals surface area (Å²) in [4.78, 5) is 0. The van der Waals surface area contributed by atoms with Crippen LogP contribution in [0.15, 0.2) is 0 Å². The zero-order chi connectivity index (χ0) is 39.8. The van der Waals surface area contributed by atoms with E-state index in [1.165, 1.54) is 0 Å².